The minimum atomic E-state index is 0.351. The van der Waals surface area contributed by atoms with Gasteiger partial charge >= 0.3 is 0 Å². The summed E-state index contributed by atoms with van der Waals surface area (Å²) in [6.07, 6.45) is 5.44. The first-order chi connectivity index (χ1) is 5.66. The van der Waals surface area contributed by atoms with Gasteiger partial charge < -0.3 is 10.6 Å². The fraction of sp³-hybridized carbons (Fsp3) is 1.00. The molecule has 1 saturated heterocycles. The van der Waals surface area contributed by atoms with Gasteiger partial charge in [0.05, 0.1) is 0 Å². The Bertz CT molecular complexity index is 145. The van der Waals surface area contributed by atoms with E-state index >= 15 is 0 Å². The maximum Gasteiger partial charge on any atom is 0.0333 e. The van der Waals surface area contributed by atoms with Gasteiger partial charge in [-0.15, -0.1) is 0 Å². The number of hydrogen-bond acceptors (Lipinski definition) is 2. The van der Waals surface area contributed by atoms with Crippen molar-refractivity contribution in [2.45, 2.75) is 50.6 Å². The highest BCUT2D eigenvalue weighted by molar-refractivity contribution is 5.10. The minimum Gasteiger partial charge on any atom is -0.308 e. The van der Waals surface area contributed by atoms with Gasteiger partial charge in [-0.3, -0.25) is 0 Å². The van der Waals surface area contributed by atoms with Crippen molar-refractivity contribution in [3.63, 3.8) is 0 Å². The fourth-order valence-corrected chi connectivity index (χ4v) is 2.75. The fourth-order valence-electron chi connectivity index (χ4n) is 2.75. The molecule has 2 aliphatic rings. The number of piperazine rings is 1. The van der Waals surface area contributed by atoms with Gasteiger partial charge in [0.25, 0.3) is 0 Å². The third-order valence-electron chi connectivity index (χ3n) is 3.98. The summed E-state index contributed by atoms with van der Waals surface area (Å²) in [6.45, 7) is 7.01. The molecule has 2 N–H and O–H groups in total. The van der Waals surface area contributed by atoms with Crippen molar-refractivity contribution in [2.75, 3.05) is 13.1 Å². The molecule has 2 unspecified atom stereocenters. The summed E-state index contributed by atoms with van der Waals surface area (Å²) < 4.78 is 0. The number of hydrogen-bond donors (Lipinski definition) is 2. The summed E-state index contributed by atoms with van der Waals surface area (Å²) in [4.78, 5) is 0. The van der Waals surface area contributed by atoms with Crippen molar-refractivity contribution in [3.05, 3.63) is 0 Å². The van der Waals surface area contributed by atoms with E-state index < -0.39 is 0 Å². The van der Waals surface area contributed by atoms with Crippen molar-refractivity contribution in [3.8, 4) is 0 Å². The number of rotatable bonds is 0. The maximum atomic E-state index is 3.68. The number of nitrogens with one attached hydrogen (secondary N) is 2. The SMILES string of the molecule is CC12CCCCC1(C)NCCN2. The predicted molar refractivity (Wildman–Crippen MR) is 51.3 cm³/mol. The largest absolute Gasteiger partial charge is 0.308 e. The van der Waals surface area contributed by atoms with Crippen LogP contribution in [0, 0.1) is 0 Å². The first kappa shape index (κ1) is 8.52. The summed E-state index contributed by atoms with van der Waals surface area (Å²) in [6, 6.07) is 0. The van der Waals surface area contributed by atoms with E-state index in [2.05, 4.69) is 24.5 Å². The van der Waals surface area contributed by atoms with Crippen LogP contribution in [-0.2, 0) is 0 Å². The molecule has 12 heavy (non-hydrogen) atoms. The number of fused-ring (bicyclic) bond motifs is 1. The van der Waals surface area contributed by atoms with E-state index in [1.54, 1.807) is 0 Å². The van der Waals surface area contributed by atoms with Gasteiger partial charge in [-0.25, -0.2) is 0 Å². The van der Waals surface area contributed by atoms with Crippen molar-refractivity contribution >= 4 is 0 Å². The molecule has 1 aliphatic heterocycles. The molecular weight excluding hydrogens is 148 g/mol. The zero-order chi connectivity index (χ0) is 8.66. The Morgan fingerprint density at radius 2 is 1.25 bits per heavy atom. The molecule has 70 valence electrons. The van der Waals surface area contributed by atoms with Crippen LogP contribution in [0.2, 0.25) is 0 Å². The topological polar surface area (TPSA) is 24.1 Å². The average Bonchev–Trinajstić information content (AvgIpc) is 2.05. The van der Waals surface area contributed by atoms with Crippen LogP contribution in [-0.4, -0.2) is 24.2 Å². The Hall–Kier alpha value is -0.0800. The van der Waals surface area contributed by atoms with Gasteiger partial charge in [0.2, 0.25) is 0 Å². The Labute approximate surface area is 75.1 Å². The lowest BCUT2D eigenvalue weighted by molar-refractivity contribution is 0.0763. The molecular formula is C10H20N2. The summed E-state index contributed by atoms with van der Waals surface area (Å²) in [5.74, 6) is 0. The van der Waals surface area contributed by atoms with Gasteiger partial charge in [-0.2, -0.15) is 0 Å². The Morgan fingerprint density at radius 1 is 0.833 bits per heavy atom. The van der Waals surface area contributed by atoms with Crippen LogP contribution in [0.1, 0.15) is 39.5 Å². The van der Waals surface area contributed by atoms with E-state index in [0.717, 1.165) is 13.1 Å². The molecule has 0 aromatic heterocycles. The lowest BCUT2D eigenvalue weighted by atomic mass is 9.68. The van der Waals surface area contributed by atoms with Gasteiger partial charge in [-0.05, 0) is 26.7 Å². The van der Waals surface area contributed by atoms with Crippen LogP contribution in [0.4, 0.5) is 0 Å². The molecule has 1 aliphatic carbocycles. The molecule has 1 saturated carbocycles. The van der Waals surface area contributed by atoms with Crippen LogP contribution in [0.3, 0.4) is 0 Å². The quantitative estimate of drug-likeness (QED) is 0.569. The van der Waals surface area contributed by atoms with E-state index in [0.29, 0.717) is 11.1 Å². The van der Waals surface area contributed by atoms with Crippen LogP contribution in [0.5, 0.6) is 0 Å². The molecule has 0 bridgehead atoms. The van der Waals surface area contributed by atoms with Gasteiger partial charge in [0.15, 0.2) is 0 Å². The summed E-state index contributed by atoms with van der Waals surface area (Å²) in [5.41, 5.74) is 0.701. The molecule has 2 heteroatoms. The highest BCUT2D eigenvalue weighted by Gasteiger charge is 2.47. The predicted octanol–water partition coefficient (Wildman–Crippen LogP) is 1.27. The Balaban J connectivity index is 2.20. The highest BCUT2D eigenvalue weighted by Crippen LogP contribution is 2.37. The third-order valence-corrected chi connectivity index (χ3v) is 3.98. The lowest BCUT2D eigenvalue weighted by Crippen LogP contribution is -2.72. The third kappa shape index (κ3) is 1.09. The highest BCUT2D eigenvalue weighted by atomic mass is 15.2. The molecule has 2 fully saturated rings. The van der Waals surface area contributed by atoms with E-state index in [1.165, 1.54) is 25.7 Å². The maximum absolute atomic E-state index is 3.68. The van der Waals surface area contributed by atoms with E-state index in [-0.39, 0.29) is 0 Å². The molecule has 2 nitrogen and oxygen atoms in total. The van der Waals surface area contributed by atoms with E-state index in [4.69, 9.17) is 0 Å². The van der Waals surface area contributed by atoms with Gasteiger partial charge in [-0.1, -0.05) is 12.8 Å². The van der Waals surface area contributed by atoms with Crippen LogP contribution >= 0.6 is 0 Å². The van der Waals surface area contributed by atoms with E-state index in [1.807, 2.05) is 0 Å². The summed E-state index contributed by atoms with van der Waals surface area (Å²) in [7, 11) is 0. The van der Waals surface area contributed by atoms with Crippen molar-refractivity contribution < 1.29 is 0 Å². The van der Waals surface area contributed by atoms with Crippen molar-refractivity contribution in [1.29, 1.82) is 0 Å². The smallest absolute Gasteiger partial charge is 0.0333 e. The zero-order valence-corrected chi connectivity index (χ0v) is 8.24. The van der Waals surface area contributed by atoms with Crippen molar-refractivity contribution in [2.24, 2.45) is 0 Å². The molecule has 0 aromatic rings. The first-order valence-electron chi connectivity index (χ1n) is 5.16. The molecule has 2 atom stereocenters. The van der Waals surface area contributed by atoms with E-state index in [9.17, 15) is 0 Å². The summed E-state index contributed by atoms with van der Waals surface area (Å²) in [5, 5.41) is 7.35. The second-order valence-corrected chi connectivity index (χ2v) is 4.72. The monoisotopic (exact) mass is 168 g/mol. The summed E-state index contributed by atoms with van der Waals surface area (Å²) >= 11 is 0. The Kier molecular flexibility index (Phi) is 1.92. The minimum absolute atomic E-state index is 0.351. The van der Waals surface area contributed by atoms with Crippen molar-refractivity contribution in [1.82, 2.24) is 10.6 Å². The van der Waals surface area contributed by atoms with Gasteiger partial charge in [0.1, 0.15) is 0 Å². The van der Waals surface area contributed by atoms with Gasteiger partial charge in [0, 0.05) is 24.2 Å². The standard InChI is InChI=1S/C10H20N2/c1-9-5-3-4-6-10(9,2)12-8-7-11-9/h11-12H,3-8H2,1-2H3. The molecule has 0 aromatic carbocycles. The van der Waals surface area contributed by atoms with Crippen LogP contribution < -0.4 is 10.6 Å². The molecule has 2 rings (SSSR count). The molecule has 0 radical (unpaired) electrons. The van der Waals surface area contributed by atoms with Crippen LogP contribution in [0.25, 0.3) is 0 Å². The zero-order valence-electron chi connectivity index (χ0n) is 8.24. The first-order valence-corrected chi connectivity index (χ1v) is 5.16. The molecule has 1 heterocycles. The normalized spacial score (nSPS) is 48.5. The lowest BCUT2D eigenvalue weighted by Gasteiger charge is -2.54. The second kappa shape index (κ2) is 2.71. The average molecular weight is 168 g/mol. The van der Waals surface area contributed by atoms with Crippen LogP contribution in [0.15, 0.2) is 0 Å². The molecule has 0 spiro atoms. The molecule has 0 amide bonds. The Morgan fingerprint density at radius 3 is 1.67 bits per heavy atom. The second-order valence-electron chi connectivity index (χ2n) is 4.72.